The second-order valence-electron chi connectivity index (χ2n) is 15.6. The Labute approximate surface area is 357 Å². The molecule has 0 amide bonds. The van der Waals surface area contributed by atoms with E-state index in [9.17, 15) is 0 Å². The fourth-order valence-electron chi connectivity index (χ4n) is 8.85. The lowest BCUT2D eigenvalue weighted by molar-refractivity contribution is 0.669. The van der Waals surface area contributed by atoms with Crippen molar-refractivity contribution in [1.82, 2.24) is 19.5 Å². The highest BCUT2D eigenvalue weighted by Gasteiger charge is 2.19. The zero-order valence-corrected chi connectivity index (χ0v) is 33.5. The van der Waals surface area contributed by atoms with E-state index in [1.54, 1.807) is 0 Å². The van der Waals surface area contributed by atoms with Crippen LogP contribution in [0.25, 0.3) is 117 Å². The van der Waals surface area contributed by atoms with Crippen LogP contribution < -0.4 is 0 Å². The van der Waals surface area contributed by atoms with Crippen LogP contribution in [-0.2, 0) is 0 Å². The standard InChI is InChI=1S/C57H36N4O/c1-4-14-37(15-5-1)44-35-48(40-16-6-2-7-17-40)54-47-21-10-12-22-50(47)61(51(54)36-44)45-31-28-39(29-32-45)38-24-26-42(27-25-38)56-58-55(41-18-8-3-9-19-41)59-57(60-56)43-30-33-53-49(34-43)46-20-11-13-23-52(46)62-53/h1-36H. The average Bonchev–Trinajstić information content (AvgIpc) is 3.90. The lowest BCUT2D eigenvalue weighted by Crippen LogP contribution is -2.00. The molecule has 0 saturated carbocycles. The second-order valence-corrected chi connectivity index (χ2v) is 15.6. The molecular formula is C57H36N4O. The van der Waals surface area contributed by atoms with E-state index in [1.807, 2.05) is 60.7 Å². The molecular weight excluding hydrogens is 757 g/mol. The molecule has 5 heteroatoms. The molecule has 0 aliphatic carbocycles. The summed E-state index contributed by atoms with van der Waals surface area (Å²) in [5.74, 6) is 1.85. The Morgan fingerprint density at radius 3 is 1.48 bits per heavy atom. The number of para-hydroxylation sites is 2. The Kier molecular flexibility index (Phi) is 8.42. The Balaban J connectivity index is 0.928. The van der Waals surface area contributed by atoms with Gasteiger partial charge in [0.2, 0.25) is 0 Å². The Bertz CT molecular complexity index is 3590. The molecule has 0 spiro atoms. The van der Waals surface area contributed by atoms with Crippen molar-refractivity contribution in [3.8, 4) is 73.2 Å². The first kappa shape index (κ1) is 35.5. The molecule has 0 aliphatic heterocycles. The SMILES string of the molecule is c1ccc(-c2cc(-c3ccccc3)c3c4ccccc4n(-c4ccc(-c5ccc(-c6nc(-c7ccccc7)nc(-c7ccc8oc9ccccc9c8c7)n6)cc5)cc4)c3c2)cc1. The van der Waals surface area contributed by atoms with Crippen molar-refractivity contribution in [1.29, 1.82) is 0 Å². The molecule has 3 heterocycles. The van der Waals surface area contributed by atoms with E-state index >= 15 is 0 Å². The van der Waals surface area contributed by atoms with Gasteiger partial charge in [-0.05, 0) is 88.0 Å². The molecule has 290 valence electrons. The van der Waals surface area contributed by atoms with Crippen LogP contribution in [-0.4, -0.2) is 19.5 Å². The summed E-state index contributed by atoms with van der Waals surface area (Å²) in [5, 5.41) is 4.57. The van der Waals surface area contributed by atoms with Crippen molar-refractivity contribution in [3.05, 3.63) is 218 Å². The van der Waals surface area contributed by atoms with Crippen molar-refractivity contribution in [2.75, 3.05) is 0 Å². The Morgan fingerprint density at radius 2 is 0.790 bits per heavy atom. The maximum atomic E-state index is 6.12. The van der Waals surface area contributed by atoms with E-state index < -0.39 is 0 Å². The summed E-state index contributed by atoms with van der Waals surface area (Å²) in [6, 6.07) is 76.6. The highest BCUT2D eigenvalue weighted by molar-refractivity contribution is 6.17. The average molecular weight is 793 g/mol. The molecule has 62 heavy (non-hydrogen) atoms. The molecule has 12 rings (SSSR count). The molecule has 5 nitrogen and oxygen atoms in total. The third-order valence-corrected chi connectivity index (χ3v) is 11.9. The molecule has 3 aromatic heterocycles. The number of aromatic nitrogens is 4. The van der Waals surface area contributed by atoms with Gasteiger partial charge >= 0.3 is 0 Å². The number of nitrogens with zero attached hydrogens (tertiary/aromatic N) is 4. The van der Waals surface area contributed by atoms with Crippen LogP contribution in [0.4, 0.5) is 0 Å². The summed E-state index contributed by atoms with van der Waals surface area (Å²) >= 11 is 0. The van der Waals surface area contributed by atoms with E-state index in [2.05, 4.69) is 162 Å². The van der Waals surface area contributed by atoms with E-state index in [0.717, 1.165) is 55.4 Å². The largest absolute Gasteiger partial charge is 0.456 e. The molecule has 0 atom stereocenters. The second kappa shape index (κ2) is 14.7. The van der Waals surface area contributed by atoms with Crippen molar-refractivity contribution < 1.29 is 4.42 Å². The van der Waals surface area contributed by atoms with Crippen LogP contribution in [0, 0.1) is 0 Å². The molecule has 0 N–H and O–H groups in total. The van der Waals surface area contributed by atoms with Crippen LogP contribution in [0.5, 0.6) is 0 Å². The van der Waals surface area contributed by atoms with Crippen LogP contribution >= 0.6 is 0 Å². The minimum atomic E-state index is 0.609. The fraction of sp³-hybridized carbons (Fsp3) is 0. The van der Waals surface area contributed by atoms with Gasteiger partial charge in [-0.25, -0.2) is 15.0 Å². The number of benzene rings is 9. The summed E-state index contributed by atoms with van der Waals surface area (Å²) in [6.45, 7) is 0. The van der Waals surface area contributed by atoms with E-state index in [0.29, 0.717) is 17.5 Å². The lowest BCUT2D eigenvalue weighted by atomic mass is 9.94. The van der Waals surface area contributed by atoms with Gasteiger partial charge in [-0.15, -0.1) is 0 Å². The lowest BCUT2D eigenvalue weighted by Gasteiger charge is -2.13. The first-order chi connectivity index (χ1) is 30.7. The molecule has 9 aromatic carbocycles. The van der Waals surface area contributed by atoms with Gasteiger partial charge in [0.1, 0.15) is 11.2 Å². The maximum Gasteiger partial charge on any atom is 0.164 e. The van der Waals surface area contributed by atoms with E-state index in [4.69, 9.17) is 19.4 Å². The number of hydrogen-bond acceptors (Lipinski definition) is 4. The normalized spacial score (nSPS) is 11.5. The first-order valence-corrected chi connectivity index (χ1v) is 20.8. The molecule has 0 saturated heterocycles. The van der Waals surface area contributed by atoms with Crippen molar-refractivity contribution in [2.24, 2.45) is 0 Å². The monoisotopic (exact) mass is 792 g/mol. The van der Waals surface area contributed by atoms with Gasteiger partial charge in [0.15, 0.2) is 17.5 Å². The number of hydrogen-bond donors (Lipinski definition) is 0. The highest BCUT2D eigenvalue weighted by Crippen LogP contribution is 2.42. The summed E-state index contributed by atoms with van der Waals surface area (Å²) in [4.78, 5) is 15.0. The van der Waals surface area contributed by atoms with Crippen LogP contribution in [0.2, 0.25) is 0 Å². The quantitative estimate of drug-likeness (QED) is 0.161. The minimum Gasteiger partial charge on any atom is -0.456 e. The van der Waals surface area contributed by atoms with Gasteiger partial charge in [-0.1, -0.05) is 164 Å². The first-order valence-electron chi connectivity index (χ1n) is 20.8. The van der Waals surface area contributed by atoms with Gasteiger partial charge in [0.05, 0.1) is 11.0 Å². The van der Waals surface area contributed by atoms with Gasteiger partial charge in [0.25, 0.3) is 0 Å². The molecule has 0 bridgehead atoms. The molecule has 12 aromatic rings. The van der Waals surface area contributed by atoms with Crippen LogP contribution in [0.3, 0.4) is 0 Å². The zero-order chi connectivity index (χ0) is 41.0. The predicted molar refractivity (Wildman–Crippen MR) is 254 cm³/mol. The topological polar surface area (TPSA) is 56.7 Å². The summed E-state index contributed by atoms with van der Waals surface area (Å²) in [6.07, 6.45) is 0. The van der Waals surface area contributed by atoms with Crippen LogP contribution in [0.1, 0.15) is 0 Å². The number of fused-ring (bicyclic) bond motifs is 6. The zero-order valence-electron chi connectivity index (χ0n) is 33.5. The third-order valence-electron chi connectivity index (χ3n) is 11.9. The molecule has 0 radical (unpaired) electrons. The van der Waals surface area contributed by atoms with E-state index in [-0.39, 0.29) is 0 Å². The molecule has 0 unspecified atom stereocenters. The minimum absolute atomic E-state index is 0.609. The summed E-state index contributed by atoms with van der Waals surface area (Å²) in [7, 11) is 0. The summed E-state index contributed by atoms with van der Waals surface area (Å²) < 4.78 is 8.53. The van der Waals surface area contributed by atoms with Crippen molar-refractivity contribution in [2.45, 2.75) is 0 Å². The van der Waals surface area contributed by atoms with Crippen molar-refractivity contribution >= 4 is 43.7 Å². The highest BCUT2D eigenvalue weighted by atomic mass is 16.3. The maximum absolute atomic E-state index is 6.12. The van der Waals surface area contributed by atoms with Crippen LogP contribution in [0.15, 0.2) is 223 Å². The van der Waals surface area contributed by atoms with E-state index in [1.165, 1.54) is 44.1 Å². The Hall–Kier alpha value is -8.41. The number of furan rings is 1. The number of rotatable bonds is 7. The third kappa shape index (κ3) is 6.14. The molecule has 0 aliphatic rings. The van der Waals surface area contributed by atoms with Gasteiger partial charge in [-0.3, -0.25) is 0 Å². The predicted octanol–water partition coefficient (Wildman–Crippen LogP) is 14.9. The van der Waals surface area contributed by atoms with Crippen molar-refractivity contribution in [3.63, 3.8) is 0 Å². The van der Waals surface area contributed by atoms with Gasteiger partial charge in [-0.2, -0.15) is 0 Å². The molecule has 0 fully saturated rings. The Morgan fingerprint density at radius 1 is 0.306 bits per heavy atom. The van der Waals surface area contributed by atoms with Gasteiger partial charge in [0, 0.05) is 43.9 Å². The summed E-state index contributed by atoms with van der Waals surface area (Å²) in [5.41, 5.74) is 14.9. The fourth-order valence-corrected chi connectivity index (χ4v) is 8.85. The van der Waals surface area contributed by atoms with Gasteiger partial charge < -0.3 is 8.98 Å². The smallest absolute Gasteiger partial charge is 0.164 e.